The molecule has 3 N–H and O–H groups in total. The van der Waals surface area contributed by atoms with E-state index in [-0.39, 0.29) is 13.2 Å². The van der Waals surface area contributed by atoms with Crippen LogP contribution in [0.15, 0.2) is 41.4 Å². The highest BCUT2D eigenvalue weighted by Gasteiger charge is 2.41. The summed E-state index contributed by atoms with van der Waals surface area (Å²) in [4.78, 5) is 17.8. The van der Waals surface area contributed by atoms with Crippen LogP contribution in [-0.4, -0.2) is 42.9 Å². The van der Waals surface area contributed by atoms with E-state index in [1.165, 1.54) is 25.7 Å². The Kier molecular flexibility index (Phi) is 10.7. The van der Waals surface area contributed by atoms with Crippen molar-refractivity contribution in [1.29, 1.82) is 0 Å². The van der Waals surface area contributed by atoms with Crippen LogP contribution < -0.4 is 10.6 Å². The predicted octanol–water partition coefficient (Wildman–Crippen LogP) is 5.54. The number of hydrogen-bond acceptors (Lipinski definition) is 5. The molecule has 202 valence electrons. The molecule has 0 saturated carbocycles. The largest absolute Gasteiger partial charge is 0.388 e. The average Bonchev–Trinajstić information content (AvgIpc) is 2.84. The maximum atomic E-state index is 12.9. The van der Waals surface area contributed by atoms with Crippen molar-refractivity contribution in [3.05, 3.63) is 69.8 Å². The molecule has 0 radical (unpaired) electrons. The molecule has 0 aliphatic carbocycles. The van der Waals surface area contributed by atoms with Crippen LogP contribution in [0.3, 0.4) is 0 Å². The number of carbonyl (C=O) groups excluding carboxylic acids is 1. The molecule has 3 rings (SSSR count). The van der Waals surface area contributed by atoms with E-state index >= 15 is 0 Å². The van der Waals surface area contributed by atoms with Crippen LogP contribution in [0.1, 0.15) is 78.8 Å². The van der Waals surface area contributed by atoms with Gasteiger partial charge in [0.15, 0.2) is 0 Å². The lowest BCUT2D eigenvalue weighted by atomic mass is 9.99. The van der Waals surface area contributed by atoms with Crippen LogP contribution in [0.2, 0.25) is 0 Å². The molecule has 0 aromatic heterocycles. The molecule has 1 aliphatic rings. The van der Waals surface area contributed by atoms with E-state index in [1.807, 2.05) is 58.0 Å². The number of aliphatic hydroxyl groups excluding tert-OH is 1. The number of nitrogens with zero attached hydrogens (tertiary/aromatic N) is 1. The number of aliphatic imine (C=N–C) groups is 1. The summed E-state index contributed by atoms with van der Waals surface area (Å²) < 4.78 is 12.0. The molecule has 7 nitrogen and oxygen atoms in total. The molecule has 2 atom stereocenters. The number of hydrogen-bond donors (Lipinski definition) is 3. The van der Waals surface area contributed by atoms with E-state index < -0.39 is 18.0 Å². The van der Waals surface area contributed by atoms with Gasteiger partial charge in [0, 0.05) is 17.7 Å². The SMILES string of the molecule is CCCCCCCCOCC(O)COC1(c2ccc(C)cc2C)N=C(c2ccc(C)cc2C)NC(=O)N1. The minimum atomic E-state index is -1.48. The van der Waals surface area contributed by atoms with Crippen LogP contribution in [-0.2, 0) is 15.3 Å². The lowest BCUT2D eigenvalue weighted by Crippen LogP contribution is -2.58. The number of unbranched alkanes of at least 4 members (excludes halogenated alkanes) is 5. The van der Waals surface area contributed by atoms with Crippen molar-refractivity contribution < 1.29 is 19.4 Å². The fraction of sp³-hybridized carbons (Fsp3) is 0.533. The first-order valence-corrected chi connectivity index (χ1v) is 13.5. The Labute approximate surface area is 221 Å². The number of aliphatic hydroxyl groups is 1. The maximum Gasteiger partial charge on any atom is 0.324 e. The fourth-order valence-electron chi connectivity index (χ4n) is 4.65. The van der Waals surface area contributed by atoms with Gasteiger partial charge in [0.1, 0.15) is 11.9 Å². The Morgan fingerprint density at radius 1 is 0.919 bits per heavy atom. The molecule has 0 spiro atoms. The van der Waals surface area contributed by atoms with Gasteiger partial charge in [-0.15, -0.1) is 0 Å². The summed E-state index contributed by atoms with van der Waals surface area (Å²) >= 11 is 0. The lowest BCUT2D eigenvalue weighted by Gasteiger charge is -2.37. The second-order valence-corrected chi connectivity index (χ2v) is 10.1. The zero-order valence-electron chi connectivity index (χ0n) is 23.0. The van der Waals surface area contributed by atoms with Crippen molar-refractivity contribution in [2.24, 2.45) is 4.99 Å². The molecular formula is C30H43N3O4. The Morgan fingerprint density at radius 2 is 1.59 bits per heavy atom. The second kappa shape index (κ2) is 13.7. The first-order valence-electron chi connectivity index (χ1n) is 13.5. The van der Waals surface area contributed by atoms with Gasteiger partial charge in [0.05, 0.1) is 13.2 Å². The van der Waals surface area contributed by atoms with Gasteiger partial charge in [0.25, 0.3) is 5.85 Å². The number of carbonyl (C=O) groups is 1. The minimum absolute atomic E-state index is 0.0479. The van der Waals surface area contributed by atoms with E-state index in [2.05, 4.69) is 23.6 Å². The van der Waals surface area contributed by atoms with Crippen LogP contribution in [0.25, 0.3) is 0 Å². The number of amidine groups is 1. The number of aryl methyl sites for hydroxylation is 4. The van der Waals surface area contributed by atoms with E-state index in [0.717, 1.165) is 46.2 Å². The first kappa shape index (κ1) is 28.8. The Bertz CT molecular complexity index is 1080. The molecule has 0 fully saturated rings. The third-order valence-corrected chi connectivity index (χ3v) is 6.61. The highest BCUT2D eigenvalue weighted by molar-refractivity contribution is 6.10. The van der Waals surface area contributed by atoms with Crippen molar-refractivity contribution in [2.75, 3.05) is 19.8 Å². The lowest BCUT2D eigenvalue weighted by molar-refractivity contribution is -0.108. The molecule has 2 aromatic rings. The summed E-state index contributed by atoms with van der Waals surface area (Å²) in [7, 11) is 0. The van der Waals surface area contributed by atoms with Crippen LogP contribution >= 0.6 is 0 Å². The van der Waals surface area contributed by atoms with Gasteiger partial charge in [-0.25, -0.2) is 9.79 Å². The summed E-state index contributed by atoms with van der Waals surface area (Å²) in [6, 6.07) is 11.5. The third kappa shape index (κ3) is 8.12. The van der Waals surface area contributed by atoms with Gasteiger partial charge in [-0.2, -0.15) is 0 Å². The zero-order valence-corrected chi connectivity index (χ0v) is 23.0. The number of amides is 2. The number of benzene rings is 2. The van der Waals surface area contributed by atoms with Crippen molar-refractivity contribution in [2.45, 2.75) is 85.1 Å². The van der Waals surface area contributed by atoms with Crippen molar-refractivity contribution in [3.63, 3.8) is 0 Å². The van der Waals surface area contributed by atoms with E-state index in [4.69, 9.17) is 14.5 Å². The molecule has 2 unspecified atom stereocenters. The average molecular weight is 510 g/mol. The summed E-state index contributed by atoms with van der Waals surface area (Å²) in [5.41, 5.74) is 5.69. The number of rotatable bonds is 14. The zero-order chi connectivity index (χ0) is 26.8. The Balaban J connectivity index is 1.76. The number of urea groups is 1. The topological polar surface area (TPSA) is 92.2 Å². The summed E-state index contributed by atoms with van der Waals surface area (Å²) in [5, 5.41) is 16.3. The Morgan fingerprint density at radius 3 is 2.30 bits per heavy atom. The number of nitrogens with one attached hydrogen (secondary N) is 2. The van der Waals surface area contributed by atoms with Gasteiger partial charge in [-0.3, -0.25) is 10.6 Å². The van der Waals surface area contributed by atoms with Crippen LogP contribution in [0.5, 0.6) is 0 Å². The van der Waals surface area contributed by atoms with Crippen molar-refractivity contribution >= 4 is 11.9 Å². The van der Waals surface area contributed by atoms with Gasteiger partial charge < -0.3 is 14.6 Å². The summed E-state index contributed by atoms with van der Waals surface area (Å²) in [6.07, 6.45) is 6.26. The quantitative estimate of drug-likeness (QED) is 0.291. The maximum absolute atomic E-state index is 12.9. The molecule has 1 aliphatic heterocycles. The molecule has 1 heterocycles. The van der Waals surface area contributed by atoms with Crippen LogP contribution in [0, 0.1) is 27.7 Å². The Hall–Kier alpha value is -2.74. The standard InChI is InChI=1S/C30H43N3O4/c1-6-7-8-9-10-11-16-36-19-25(34)20-37-30(27-15-13-22(3)18-24(27)5)32-28(31-29(35)33-30)26-14-12-21(2)17-23(26)4/h12-15,17-18,25,34H,6-11,16,19-20H2,1-5H3,(H2,31,32,33,35). The van der Waals surface area contributed by atoms with Gasteiger partial charge in [0.2, 0.25) is 0 Å². The molecule has 37 heavy (non-hydrogen) atoms. The number of ether oxygens (including phenoxy) is 2. The van der Waals surface area contributed by atoms with Crippen molar-refractivity contribution in [3.8, 4) is 0 Å². The first-order chi connectivity index (χ1) is 17.7. The van der Waals surface area contributed by atoms with Gasteiger partial charge >= 0.3 is 6.03 Å². The summed E-state index contributed by atoms with van der Waals surface area (Å²) in [6.45, 7) is 10.9. The highest BCUT2D eigenvalue weighted by Crippen LogP contribution is 2.31. The fourth-order valence-corrected chi connectivity index (χ4v) is 4.65. The van der Waals surface area contributed by atoms with E-state index in [1.54, 1.807) is 0 Å². The predicted molar refractivity (Wildman–Crippen MR) is 148 cm³/mol. The van der Waals surface area contributed by atoms with Crippen molar-refractivity contribution in [1.82, 2.24) is 10.6 Å². The normalized spacial score (nSPS) is 18.2. The molecular weight excluding hydrogens is 466 g/mol. The van der Waals surface area contributed by atoms with Crippen LogP contribution in [0.4, 0.5) is 4.79 Å². The smallest absolute Gasteiger partial charge is 0.324 e. The van der Waals surface area contributed by atoms with Gasteiger partial charge in [-0.1, -0.05) is 86.6 Å². The molecule has 7 heteroatoms. The third-order valence-electron chi connectivity index (χ3n) is 6.61. The minimum Gasteiger partial charge on any atom is -0.388 e. The molecule has 2 aromatic carbocycles. The van der Waals surface area contributed by atoms with E-state index in [0.29, 0.717) is 12.4 Å². The molecule has 0 saturated heterocycles. The molecule has 2 amide bonds. The molecule has 0 bridgehead atoms. The highest BCUT2D eigenvalue weighted by atomic mass is 16.5. The second-order valence-electron chi connectivity index (χ2n) is 10.1. The summed E-state index contributed by atoms with van der Waals surface area (Å²) in [5.74, 6) is -1.05. The van der Waals surface area contributed by atoms with Gasteiger partial charge in [-0.05, 0) is 45.2 Å². The monoisotopic (exact) mass is 509 g/mol. The van der Waals surface area contributed by atoms with E-state index in [9.17, 15) is 9.90 Å².